The average molecular weight is 284 g/mol. The minimum absolute atomic E-state index is 0.193. The van der Waals surface area contributed by atoms with Gasteiger partial charge in [-0.2, -0.15) is 4.31 Å². The highest BCUT2D eigenvalue weighted by Gasteiger charge is 2.33. The zero-order chi connectivity index (χ0) is 10.8. The van der Waals surface area contributed by atoms with E-state index in [0.29, 0.717) is 12.5 Å². The van der Waals surface area contributed by atoms with Gasteiger partial charge in [0, 0.05) is 17.9 Å². The van der Waals surface area contributed by atoms with Gasteiger partial charge in [0.2, 0.25) is 10.0 Å². The molecule has 2 unspecified atom stereocenters. The van der Waals surface area contributed by atoms with Crippen molar-refractivity contribution >= 4 is 26.0 Å². The Morgan fingerprint density at radius 1 is 1.50 bits per heavy atom. The highest BCUT2D eigenvalue weighted by atomic mass is 79.9. The Bertz CT molecular complexity index is 279. The molecule has 84 valence electrons. The summed E-state index contributed by atoms with van der Waals surface area (Å²) in [7, 11) is -3.02. The summed E-state index contributed by atoms with van der Waals surface area (Å²) in [6.45, 7) is 2.84. The Kier molecular flexibility index (Phi) is 4.40. The second-order valence-corrected chi connectivity index (χ2v) is 6.77. The smallest absolute Gasteiger partial charge is 0.211 e. The quantitative estimate of drug-likeness (QED) is 0.741. The van der Waals surface area contributed by atoms with Crippen LogP contribution in [0.25, 0.3) is 0 Å². The molecule has 1 saturated heterocycles. The lowest BCUT2D eigenvalue weighted by Crippen LogP contribution is -2.47. The maximum Gasteiger partial charge on any atom is 0.211 e. The molecule has 1 heterocycles. The Morgan fingerprint density at radius 2 is 2.14 bits per heavy atom. The van der Waals surface area contributed by atoms with Crippen molar-refractivity contribution in [3.05, 3.63) is 0 Å². The number of sulfonamides is 1. The van der Waals surface area contributed by atoms with E-state index in [4.69, 9.17) is 0 Å². The Labute approximate surface area is 95.0 Å². The van der Waals surface area contributed by atoms with Gasteiger partial charge in [-0.25, -0.2) is 8.42 Å². The molecule has 3 nitrogen and oxygen atoms in total. The Balaban J connectivity index is 2.80. The Hall–Kier alpha value is 0.390. The van der Waals surface area contributed by atoms with Gasteiger partial charge >= 0.3 is 0 Å². The number of hydrogen-bond acceptors (Lipinski definition) is 2. The van der Waals surface area contributed by atoms with Crippen LogP contribution in [0.1, 0.15) is 26.2 Å². The van der Waals surface area contributed by atoms with Crippen molar-refractivity contribution < 1.29 is 8.42 Å². The molecule has 0 bridgehead atoms. The monoisotopic (exact) mass is 283 g/mol. The van der Waals surface area contributed by atoms with E-state index < -0.39 is 10.0 Å². The molecule has 5 heteroatoms. The van der Waals surface area contributed by atoms with Crippen molar-refractivity contribution in [2.45, 2.75) is 32.2 Å². The molecule has 0 spiro atoms. The number of hydrogen-bond donors (Lipinski definition) is 0. The highest BCUT2D eigenvalue weighted by Crippen LogP contribution is 2.27. The second-order valence-electron chi connectivity index (χ2n) is 4.04. The molecular weight excluding hydrogens is 266 g/mol. The molecule has 0 amide bonds. The first-order valence-corrected chi connectivity index (χ1v) is 7.96. The van der Waals surface area contributed by atoms with Crippen LogP contribution in [0.4, 0.5) is 0 Å². The molecule has 0 aromatic rings. The SMILES string of the molecule is CC1CCCN(S(C)(=O)=O)C1CCBr. The van der Waals surface area contributed by atoms with Crippen molar-refractivity contribution in [2.75, 3.05) is 18.1 Å². The fourth-order valence-corrected chi connectivity index (χ4v) is 3.90. The number of rotatable bonds is 3. The summed E-state index contributed by atoms with van der Waals surface area (Å²) in [5.41, 5.74) is 0. The van der Waals surface area contributed by atoms with Crippen LogP contribution in [-0.4, -0.2) is 36.9 Å². The summed E-state index contributed by atoms with van der Waals surface area (Å²) < 4.78 is 24.7. The van der Waals surface area contributed by atoms with Gasteiger partial charge < -0.3 is 0 Å². The molecule has 1 aliphatic heterocycles. The standard InChI is InChI=1S/C9H18BrNO2S/c1-8-4-3-7-11(14(2,12)13)9(8)5-6-10/h8-9H,3-7H2,1-2H3. The topological polar surface area (TPSA) is 37.4 Å². The van der Waals surface area contributed by atoms with E-state index in [2.05, 4.69) is 22.9 Å². The van der Waals surface area contributed by atoms with E-state index in [1.54, 1.807) is 4.31 Å². The highest BCUT2D eigenvalue weighted by molar-refractivity contribution is 9.09. The minimum atomic E-state index is -3.02. The third kappa shape index (κ3) is 2.94. The lowest BCUT2D eigenvalue weighted by atomic mass is 9.91. The summed E-state index contributed by atoms with van der Waals surface area (Å²) in [6, 6.07) is 0.193. The zero-order valence-corrected chi connectivity index (χ0v) is 11.1. The molecule has 1 aliphatic rings. The van der Waals surface area contributed by atoms with Gasteiger partial charge in [0.15, 0.2) is 0 Å². The fraction of sp³-hybridized carbons (Fsp3) is 1.00. The maximum absolute atomic E-state index is 11.5. The second kappa shape index (κ2) is 4.94. The molecule has 0 saturated carbocycles. The third-order valence-electron chi connectivity index (χ3n) is 2.90. The predicted octanol–water partition coefficient (Wildman–Crippen LogP) is 1.83. The summed E-state index contributed by atoms with van der Waals surface area (Å²) >= 11 is 3.39. The summed E-state index contributed by atoms with van der Waals surface area (Å²) in [6.07, 6.45) is 4.36. The molecule has 1 fully saturated rings. The molecule has 0 N–H and O–H groups in total. The molecule has 0 aromatic carbocycles. The largest absolute Gasteiger partial charge is 0.212 e. The first-order valence-electron chi connectivity index (χ1n) is 4.99. The summed E-state index contributed by atoms with van der Waals surface area (Å²) in [4.78, 5) is 0. The normalized spacial score (nSPS) is 30.5. The van der Waals surface area contributed by atoms with Crippen LogP contribution in [0, 0.1) is 5.92 Å². The van der Waals surface area contributed by atoms with Gasteiger partial charge in [0.1, 0.15) is 0 Å². The van der Waals surface area contributed by atoms with E-state index in [0.717, 1.165) is 24.6 Å². The Morgan fingerprint density at radius 3 is 2.64 bits per heavy atom. The van der Waals surface area contributed by atoms with Crippen molar-refractivity contribution in [1.82, 2.24) is 4.31 Å². The summed E-state index contributed by atoms with van der Waals surface area (Å²) in [5.74, 6) is 0.482. The molecular formula is C9H18BrNO2S. The van der Waals surface area contributed by atoms with Crippen molar-refractivity contribution in [2.24, 2.45) is 5.92 Å². The molecule has 0 aromatic heterocycles. The molecule has 14 heavy (non-hydrogen) atoms. The lowest BCUT2D eigenvalue weighted by Gasteiger charge is -2.38. The van der Waals surface area contributed by atoms with Crippen LogP contribution in [0.3, 0.4) is 0 Å². The number of alkyl halides is 1. The average Bonchev–Trinajstić information content (AvgIpc) is 2.07. The van der Waals surface area contributed by atoms with Crippen molar-refractivity contribution in [3.63, 3.8) is 0 Å². The molecule has 2 atom stereocenters. The van der Waals surface area contributed by atoms with E-state index in [1.807, 2.05) is 0 Å². The zero-order valence-electron chi connectivity index (χ0n) is 8.74. The first-order chi connectivity index (χ1) is 6.46. The summed E-state index contributed by atoms with van der Waals surface area (Å²) in [5, 5.41) is 0.869. The van der Waals surface area contributed by atoms with Gasteiger partial charge in [0.25, 0.3) is 0 Å². The van der Waals surface area contributed by atoms with Gasteiger partial charge in [-0.15, -0.1) is 0 Å². The van der Waals surface area contributed by atoms with E-state index >= 15 is 0 Å². The van der Waals surface area contributed by atoms with E-state index in [9.17, 15) is 8.42 Å². The minimum Gasteiger partial charge on any atom is -0.212 e. The number of halogens is 1. The molecule has 1 rings (SSSR count). The van der Waals surface area contributed by atoms with Crippen LogP contribution < -0.4 is 0 Å². The van der Waals surface area contributed by atoms with Crippen molar-refractivity contribution in [3.8, 4) is 0 Å². The van der Waals surface area contributed by atoms with Crippen molar-refractivity contribution in [1.29, 1.82) is 0 Å². The maximum atomic E-state index is 11.5. The molecule has 0 aliphatic carbocycles. The number of nitrogens with zero attached hydrogens (tertiary/aromatic N) is 1. The first kappa shape index (κ1) is 12.5. The van der Waals surface area contributed by atoms with Gasteiger partial charge in [0.05, 0.1) is 6.26 Å². The van der Waals surface area contributed by atoms with Crippen LogP contribution in [0.5, 0.6) is 0 Å². The van der Waals surface area contributed by atoms with E-state index in [1.165, 1.54) is 6.26 Å². The van der Waals surface area contributed by atoms with Gasteiger partial charge in [-0.05, 0) is 25.2 Å². The van der Waals surface area contributed by atoms with Crippen LogP contribution >= 0.6 is 15.9 Å². The predicted molar refractivity (Wildman–Crippen MR) is 62.1 cm³/mol. The fourth-order valence-electron chi connectivity index (χ4n) is 2.16. The number of piperidine rings is 1. The third-order valence-corrected chi connectivity index (χ3v) is 4.66. The van der Waals surface area contributed by atoms with Gasteiger partial charge in [-0.3, -0.25) is 0 Å². The van der Waals surface area contributed by atoms with Crippen LogP contribution in [0.2, 0.25) is 0 Å². The lowest BCUT2D eigenvalue weighted by molar-refractivity contribution is 0.184. The van der Waals surface area contributed by atoms with Crippen LogP contribution in [0.15, 0.2) is 0 Å². The molecule has 0 radical (unpaired) electrons. The van der Waals surface area contributed by atoms with Gasteiger partial charge in [-0.1, -0.05) is 22.9 Å². The van der Waals surface area contributed by atoms with E-state index in [-0.39, 0.29) is 6.04 Å². The van der Waals surface area contributed by atoms with Crippen LogP contribution in [-0.2, 0) is 10.0 Å².